The fraction of sp³-hybridized carbons (Fsp3) is 0.381. The zero-order valence-electron chi connectivity index (χ0n) is 16.1. The second-order valence-electron chi connectivity index (χ2n) is 7.05. The van der Waals surface area contributed by atoms with Crippen LogP contribution in [0.2, 0.25) is 0 Å². The van der Waals surface area contributed by atoms with E-state index in [4.69, 9.17) is 0 Å². The number of benzene rings is 2. The van der Waals surface area contributed by atoms with Crippen molar-refractivity contribution in [3.8, 4) is 0 Å². The Balaban J connectivity index is 2.10. The summed E-state index contributed by atoms with van der Waals surface area (Å²) in [5.41, 5.74) is 5.29. The molecule has 0 aliphatic carbocycles. The normalized spacial score (nSPS) is 12.1. The summed E-state index contributed by atoms with van der Waals surface area (Å²) in [6.07, 6.45) is 0. The maximum atomic E-state index is 12.5. The van der Waals surface area contributed by atoms with Gasteiger partial charge in [0.05, 0.1) is 6.04 Å². The highest BCUT2D eigenvalue weighted by molar-refractivity contribution is 5.94. The van der Waals surface area contributed by atoms with Crippen molar-refractivity contribution >= 4 is 11.6 Å². The zero-order valence-corrected chi connectivity index (χ0v) is 16.1. The predicted octanol–water partition coefficient (Wildman–Crippen LogP) is 3.40. The van der Waals surface area contributed by atoms with Crippen LogP contribution in [-0.4, -0.2) is 45.5 Å². The van der Waals surface area contributed by atoms with Gasteiger partial charge in [-0.2, -0.15) is 0 Å². The molecule has 0 saturated heterocycles. The summed E-state index contributed by atoms with van der Waals surface area (Å²) in [6, 6.07) is 14.5. The monoisotopic (exact) mass is 339 g/mol. The van der Waals surface area contributed by atoms with Gasteiger partial charge in [-0.05, 0) is 57.8 Å². The van der Waals surface area contributed by atoms with E-state index < -0.39 is 0 Å². The Hall–Kier alpha value is -2.33. The van der Waals surface area contributed by atoms with Gasteiger partial charge in [-0.1, -0.05) is 29.3 Å². The second kappa shape index (κ2) is 8.17. The molecule has 1 amide bonds. The topological polar surface area (TPSA) is 35.6 Å². The lowest BCUT2D eigenvalue weighted by Crippen LogP contribution is -2.34. The lowest BCUT2D eigenvalue weighted by Gasteiger charge is -2.26. The van der Waals surface area contributed by atoms with E-state index in [1.54, 1.807) is 0 Å². The molecule has 134 valence electrons. The van der Waals surface area contributed by atoms with Gasteiger partial charge in [-0.3, -0.25) is 4.79 Å². The van der Waals surface area contributed by atoms with Crippen molar-refractivity contribution in [1.29, 1.82) is 0 Å². The fourth-order valence-corrected chi connectivity index (χ4v) is 2.99. The Morgan fingerprint density at radius 1 is 0.960 bits per heavy atom. The standard InChI is InChI=1S/C21H29N3O/c1-15-11-16(2)13-18(12-15)21(25)22-14-20(24(5)6)17-7-9-19(10-8-17)23(3)4/h7-13,20H,14H2,1-6H3,(H,22,25)/t20-/m1/s1. The highest BCUT2D eigenvalue weighted by Gasteiger charge is 2.16. The van der Waals surface area contributed by atoms with Crippen LogP contribution in [0.3, 0.4) is 0 Å². The number of amides is 1. The Labute approximate surface area is 151 Å². The number of nitrogens with one attached hydrogen (secondary N) is 1. The Morgan fingerprint density at radius 2 is 1.52 bits per heavy atom. The van der Waals surface area contributed by atoms with Crippen LogP contribution in [0.4, 0.5) is 5.69 Å². The van der Waals surface area contributed by atoms with Gasteiger partial charge in [0.2, 0.25) is 0 Å². The van der Waals surface area contributed by atoms with Crippen molar-refractivity contribution in [2.75, 3.05) is 39.6 Å². The van der Waals surface area contributed by atoms with Crippen LogP contribution in [0, 0.1) is 13.8 Å². The molecule has 0 aromatic heterocycles. The first kappa shape index (κ1) is 19.0. The van der Waals surface area contributed by atoms with Gasteiger partial charge in [0.25, 0.3) is 5.91 Å². The van der Waals surface area contributed by atoms with E-state index in [9.17, 15) is 4.79 Å². The van der Waals surface area contributed by atoms with Crippen LogP contribution in [-0.2, 0) is 0 Å². The lowest BCUT2D eigenvalue weighted by atomic mass is 10.0. The molecule has 4 nitrogen and oxygen atoms in total. The number of anilines is 1. The van der Waals surface area contributed by atoms with E-state index in [1.807, 2.05) is 54.2 Å². The summed E-state index contributed by atoms with van der Waals surface area (Å²) in [4.78, 5) is 16.7. The molecule has 0 heterocycles. The largest absolute Gasteiger partial charge is 0.378 e. The Bertz CT molecular complexity index is 700. The van der Waals surface area contributed by atoms with Crippen LogP contribution in [0.15, 0.2) is 42.5 Å². The number of aryl methyl sites for hydroxylation is 2. The molecule has 2 aromatic carbocycles. The lowest BCUT2D eigenvalue weighted by molar-refractivity contribution is 0.0941. The molecule has 0 bridgehead atoms. The number of likely N-dealkylation sites (N-methyl/N-ethyl adjacent to an activating group) is 1. The number of hydrogen-bond acceptors (Lipinski definition) is 3. The smallest absolute Gasteiger partial charge is 0.251 e. The predicted molar refractivity (Wildman–Crippen MR) is 105 cm³/mol. The van der Waals surface area contributed by atoms with Crippen LogP contribution in [0.5, 0.6) is 0 Å². The van der Waals surface area contributed by atoms with E-state index in [-0.39, 0.29) is 11.9 Å². The zero-order chi connectivity index (χ0) is 18.6. The quantitative estimate of drug-likeness (QED) is 0.876. The highest BCUT2D eigenvalue weighted by Crippen LogP contribution is 2.21. The first-order chi connectivity index (χ1) is 11.8. The Morgan fingerprint density at radius 3 is 2.00 bits per heavy atom. The molecular formula is C21H29N3O. The minimum Gasteiger partial charge on any atom is -0.378 e. The second-order valence-corrected chi connectivity index (χ2v) is 7.05. The molecule has 0 aliphatic rings. The maximum Gasteiger partial charge on any atom is 0.251 e. The molecule has 0 saturated carbocycles. The van der Waals surface area contributed by atoms with Crippen molar-refractivity contribution in [1.82, 2.24) is 10.2 Å². The average molecular weight is 339 g/mol. The first-order valence-electron chi connectivity index (χ1n) is 8.58. The van der Waals surface area contributed by atoms with Gasteiger partial charge in [0, 0.05) is 31.9 Å². The SMILES string of the molecule is Cc1cc(C)cc(C(=O)NC[C@H](c2ccc(N(C)C)cc2)N(C)C)c1. The molecule has 2 rings (SSSR count). The number of hydrogen-bond donors (Lipinski definition) is 1. The van der Waals surface area contributed by atoms with Gasteiger partial charge in [0.15, 0.2) is 0 Å². The van der Waals surface area contributed by atoms with Gasteiger partial charge < -0.3 is 15.1 Å². The molecular weight excluding hydrogens is 310 g/mol. The fourth-order valence-electron chi connectivity index (χ4n) is 2.99. The molecule has 0 aliphatic heterocycles. The molecule has 0 spiro atoms. The first-order valence-corrected chi connectivity index (χ1v) is 8.58. The summed E-state index contributed by atoms with van der Waals surface area (Å²) >= 11 is 0. The number of carbonyl (C=O) groups is 1. The summed E-state index contributed by atoms with van der Waals surface area (Å²) < 4.78 is 0. The van der Waals surface area contributed by atoms with E-state index in [2.05, 4.69) is 45.4 Å². The van der Waals surface area contributed by atoms with Crippen molar-refractivity contribution < 1.29 is 4.79 Å². The van der Waals surface area contributed by atoms with E-state index in [1.165, 1.54) is 11.3 Å². The summed E-state index contributed by atoms with van der Waals surface area (Å²) in [5, 5.41) is 3.08. The van der Waals surface area contributed by atoms with Gasteiger partial charge >= 0.3 is 0 Å². The third-order valence-electron chi connectivity index (χ3n) is 4.36. The van der Waals surface area contributed by atoms with E-state index in [0.717, 1.165) is 16.7 Å². The van der Waals surface area contributed by atoms with E-state index in [0.29, 0.717) is 6.54 Å². The Kier molecular flexibility index (Phi) is 6.21. The van der Waals surface area contributed by atoms with Gasteiger partial charge in [0.1, 0.15) is 0 Å². The summed E-state index contributed by atoms with van der Waals surface area (Å²) in [6.45, 7) is 4.59. The third kappa shape index (κ3) is 5.07. The molecule has 1 N–H and O–H groups in total. The number of nitrogens with zero attached hydrogens (tertiary/aromatic N) is 2. The van der Waals surface area contributed by atoms with Crippen molar-refractivity contribution in [3.63, 3.8) is 0 Å². The van der Waals surface area contributed by atoms with Gasteiger partial charge in [-0.15, -0.1) is 0 Å². The third-order valence-corrected chi connectivity index (χ3v) is 4.36. The highest BCUT2D eigenvalue weighted by atomic mass is 16.1. The van der Waals surface area contributed by atoms with Crippen molar-refractivity contribution in [2.45, 2.75) is 19.9 Å². The molecule has 0 fully saturated rings. The van der Waals surface area contributed by atoms with Crippen LogP contribution < -0.4 is 10.2 Å². The minimum atomic E-state index is -0.0245. The van der Waals surface area contributed by atoms with Crippen LogP contribution >= 0.6 is 0 Å². The minimum absolute atomic E-state index is 0.0245. The molecule has 1 atom stereocenters. The van der Waals surface area contributed by atoms with Crippen molar-refractivity contribution in [3.05, 3.63) is 64.7 Å². The summed E-state index contributed by atoms with van der Waals surface area (Å²) in [7, 11) is 8.13. The van der Waals surface area contributed by atoms with Crippen LogP contribution in [0.1, 0.15) is 33.1 Å². The maximum absolute atomic E-state index is 12.5. The van der Waals surface area contributed by atoms with Crippen molar-refractivity contribution in [2.24, 2.45) is 0 Å². The van der Waals surface area contributed by atoms with Crippen LogP contribution in [0.25, 0.3) is 0 Å². The van der Waals surface area contributed by atoms with E-state index >= 15 is 0 Å². The average Bonchev–Trinajstić information content (AvgIpc) is 2.54. The summed E-state index contributed by atoms with van der Waals surface area (Å²) in [5.74, 6) is -0.0245. The molecule has 25 heavy (non-hydrogen) atoms. The molecule has 0 unspecified atom stereocenters. The number of carbonyl (C=O) groups excluding carboxylic acids is 1. The molecule has 2 aromatic rings. The molecule has 0 radical (unpaired) electrons. The van der Waals surface area contributed by atoms with Gasteiger partial charge in [-0.25, -0.2) is 0 Å². The molecule has 4 heteroatoms. The number of rotatable bonds is 6.